The molecule has 164 valence electrons. The molecular formula is C22H19F2N5O3. The molecule has 0 unspecified atom stereocenters. The molecule has 0 saturated heterocycles. The number of aryl methyl sites for hydroxylation is 1. The highest BCUT2D eigenvalue weighted by Gasteiger charge is 2.18. The highest BCUT2D eigenvalue weighted by molar-refractivity contribution is 5.96. The number of carbonyl (C=O) groups is 1. The quantitative estimate of drug-likeness (QED) is 0.321. The molecule has 8 nitrogen and oxygen atoms in total. The molecule has 0 bridgehead atoms. The number of nitrogens with zero attached hydrogens (tertiary/aromatic N) is 5. The Morgan fingerprint density at radius 2 is 1.97 bits per heavy atom. The molecule has 0 atom stereocenters. The maximum absolute atomic E-state index is 14.5. The Bertz CT molecular complexity index is 1320. The summed E-state index contributed by atoms with van der Waals surface area (Å²) in [7, 11) is 1.45. The zero-order chi connectivity index (χ0) is 22.8. The minimum Gasteiger partial charge on any atom is -0.450 e. The van der Waals surface area contributed by atoms with Gasteiger partial charge in [0.15, 0.2) is 24.0 Å². The summed E-state index contributed by atoms with van der Waals surface area (Å²) < 4.78 is 40.5. The summed E-state index contributed by atoms with van der Waals surface area (Å²) in [5.41, 5.74) is 1.82. The van der Waals surface area contributed by atoms with Crippen molar-refractivity contribution < 1.29 is 23.0 Å². The third-order valence-corrected chi connectivity index (χ3v) is 4.80. The van der Waals surface area contributed by atoms with Crippen molar-refractivity contribution in [2.24, 2.45) is 0 Å². The third kappa shape index (κ3) is 4.17. The molecule has 3 aromatic heterocycles. The van der Waals surface area contributed by atoms with E-state index in [2.05, 4.69) is 19.9 Å². The number of halogens is 2. The van der Waals surface area contributed by atoms with Gasteiger partial charge in [0.25, 0.3) is 0 Å². The van der Waals surface area contributed by atoms with E-state index in [1.54, 1.807) is 23.0 Å². The van der Waals surface area contributed by atoms with Crippen LogP contribution in [0.2, 0.25) is 0 Å². The Labute approximate surface area is 181 Å². The van der Waals surface area contributed by atoms with E-state index in [-0.39, 0.29) is 47.4 Å². The topological polar surface area (TPSA) is 91.5 Å². The van der Waals surface area contributed by atoms with Crippen molar-refractivity contribution in [2.75, 3.05) is 13.9 Å². The fourth-order valence-corrected chi connectivity index (χ4v) is 3.18. The monoisotopic (exact) mass is 439 g/mol. The number of carbonyl (C=O) groups excluding carboxylic acids is 1. The van der Waals surface area contributed by atoms with E-state index >= 15 is 0 Å². The zero-order valence-corrected chi connectivity index (χ0v) is 17.6. The second-order valence-electron chi connectivity index (χ2n) is 7.12. The van der Waals surface area contributed by atoms with Crippen molar-refractivity contribution in [3.8, 4) is 17.4 Å². The molecule has 0 aliphatic rings. The molecule has 0 fully saturated rings. The fourth-order valence-electron chi connectivity index (χ4n) is 3.18. The van der Waals surface area contributed by atoms with Crippen LogP contribution >= 0.6 is 0 Å². The van der Waals surface area contributed by atoms with Crippen LogP contribution in [0.25, 0.3) is 17.2 Å². The average molecular weight is 439 g/mol. The van der Waals surface area contributed by atoms with Crippen LogP contribution in [0.4, 0.5) is 8.78 Å². The van der Waals surface area contributed by atoms with Crippen molar-refractivity contribution in [1.82, 2.24) is 24.3 Å². The molecule has 4 aromatic rings. The molecule has 0 spiro atoms. The van der Waals surface area contributed by atoms with Crippen LogP contribution in [-0.2, 0) is 11.2 Å². The van der Waals surface area contributed by atoms with Crippen molar-refractivity contribution >= 4 is 11.4 Å². The van der Waals surface area contributed by atoms with Crippen LogP contribution in [0.3, 0.4) is 0 Å². The third-order valence-electron chi connectivity index (χ3n) is 4.80. The number of ether oxygens (including phenoxy) is 2. The second-order valence-corrected chi connectivity index (χ2v) is 7.12. The molecule has 0 amide bonds. The van der Waals surface area contributed by atoms with Crippen LogP contribution < -0.4 is 4.74 Å². The van der Waals surface area contributed by atoms with Crippen LogP contribution in [-0.4, -0.2) is 44.0 Å². The predicted octanol–water partition coefficient (Wildman–Crippen LogP) is 3.55. The first-order valence-corrected chi connectivity index (χ1v) is 9.64. The molecule has 3 heterocycles. The number of hydrogen-bond acceptors (Lipinski definition) is 7. The van der Waals surface area contributed by atoms with E-state index < -0.39 is 11.6 Å². The largest absolute Gasteiger partial charge is 0.450 e. The van der Waals surface area contributed by atoms with Gasteiger partial charge in [-0.15, -0.1) is 0 Å². The molecule has 1 aromatic carbocycles. The van der Waals surface area contributed by atoms with Gasteiger partial charge >= 0.3 is 0 Å². The van der Waals surface area contributed by atoms with E-state index in [1.165, 1.54) is 27.2 Å². The van der Waals surface area contributed by atoms with E-state index in [9.17, 15) is 13.6 Å². The number of ketones is 1. The number of methoxy groups -OCH3 is 1. The summed E-state index contributed by atoms with van der Waals surface area (Å²) in [6, 6.07) is 2.31. The standard InChI is InChI=1S/C22H19F2N5O3/c1-12-6-17(24)14(7-16(12)23)8-18-21-25-4-5-29(21)10-19(27-18)20-26-9-15(13(2)30)22(28-20)32-11-31-3/h4-7,9-10H,8,11H2,1-3H3. The minimum atomic E-state index is -0.530. The van der Waals surface area contributed by atoms with Crippen molar-refractivity contribution in [2.45, 2.75) is 20.3 Å². The van der Waals surface area contributed by atoms with E-state index in [1.807, 2.05) is 0 Å². The SMILES string of the molecule is COCOc1nc(-c2cn3ccnc3c(Cc3cc(F)c(C)cc3F)n2)ncc1C(C)=O. The molecule has 32 heavy (non-hydrogen) atoms. The number of fused-ring (bicyclic) bond motifs is 1. The van der Waals surface area contributed by atoms with Gasteiger partial charge in [-0.2, -0.15) is 4.98 Å². The van der Waals surface area contributed by atoms with Crippen LogP contribution in [0.5, 0.6) is 5.88 Å². The lowest BCUT2D eigenvalue weighted by Gasteiger charge is -2.11. The van der Waals surface area contributed by atoms with Crippen LogP contribution in [0.1, 0.15) is 34.1 Å². The van der Waals surface area contributed by atoms with Crippen molar-refractivity contribution in [3.05, 3.63) is 70.9 Å². The number of hydrogen-bond donors (Lipinski definition) is 0. The average Bonchev–Trinajstić information content (AvgIpc) is 3.24. The Hall–Kier alpha value is -3.79. The highest BCUT2D eigenvalue weighted by Crippen LogP contribution is 2.24. The predicted molar refractivity (Wildman–Crippen MR) is 110 cm³/mol. The summed E-state index contributed by atoms with van der Waals surface area (Å²) >= 11 is 0. The summed E-state index contributed by atoms with van der Waals surface area (Å²) in [4.78, 5) is 29.3. The first kappa shape index (κ1) is 21.4. The molecule has 0 aliphatic heterocycles. The lowest BCUT2D eigenvalue weighted by molar-refractivity contribution is 0.0469. The highest BCUT2D eigenvalue weighted by atomic mass is 19.1. The van der Waals surface area contributed by atoms with Crippen LogP contribution in [0, 0.1) is 18.6 Å². The lowest BCUT2D eigenvalue weighted by atomic mass is 10.1. The molecule has 0 saturated carbocycles. The molecule has 10 heteroatoms. The number of rotatable bonds is 7. The first-order valence-electron chi connectivity index (χ1n) is 9.64. The van der Waals surface area contributed by atoms with Gasteiger partial charge in [-0.25, -0.2) is 23.7 Å². The van der Waals surface area contributed by atoms with Gasteiger partial charge in [0.2, 0.25) is 5.88 Å². The van der Waals surface area contributed by atoms with Crippen LogP contribution in [0.15, 0.2) is 36.9 Å². The number of aromatic nitrogens is 5. The Morgan fingerprint density at radius 1 is 1.16 bits per heavy atom. The first-order chi connectivity index (χ1) is 15.4. The van der Waals surface area contributed by atoms with E-state index in [0.717, 1.165) is 12.1 Å². The summed E-state index contributed by atoms with van der Waals surface area (Å²) in [6.07, 6.45) is 6.28. The summed E-state index contributed by atoms with van der Waals surface area (Å²) in [5, 5.41) is 0. The molecule has 0 radical (unpaired) electrons. The maximum Gasteiger partial charge on any atom is 0.230 e. The minimum absolute atomic E-state index is 0.00987. The summed E-state index contributed by atoms with van der Waals surface area (Å²) in [6.45, 7) is 2.77. The Morgan fingerprint density at radius 3 is 2.72 bits per heavy atom. The summed E-state index contributed by atoms with van der Waals surface area (Å²) in [5.74, 6) is -1.05. The van der Waals surface area contributed by atoms with E-state index in [0.29, 0.717) is 17.0 Å². The normalized spacial score (nSPS) is 11.2. The molecule has 0 N–H and O–H groups in total. The number of Topliss-reactive ketones (excluding diaryl/α,β-unsaturated/α-hetero) is 1. The molecule has 4 rings (SSSR count). The Kier molecular flexibility index (Phi) is 5.87. The number of imidazole rings is 1. The maximum atomic E-state index is 14.5. The van der Waals surface area contributed by atoms with Gasteiger partial charge in [-0.05, 0) is 37.1 Å². The lowest BCUT2D eigenvalue weighted by Crippen LogP contribution is -2.09. The second kappa shape index (κ2) is 8.75. The van der Waals surface area contributed by atoms with E-state index in [4.69, 9.17) is 9.47 Å². The number of benzene rings is 1. The van der Waals surface area contributed by atoms with Gasteiger partial charge < -0.3 is 13.9 Å². The Balaban J connectivity index is 1.80. The van der Waals surface area contributed by atoms with Gasteiger partial charge in [0.05, 0.1) is 11.3 Å². The van der Waals surface area contributed by atoms with Gasteiger partial charge in [0.1, 0.15) is 17.3 Å². The van der Waals surface area contributed by atoms with Gasteiger partial charge in [0, 0.05) is 38.3 Å². The molecular weight excluding hydrogens is 420 g/mol. The molecule has 0 aliphatic carbocycles. The van der Waals surface area contributed by atoms with Crippen molar-refractivity contribution in [3.63, 3.8) is 0 Å². The van der Waals surface area contributed by atoms with Gasteiger partial charge in [-0.3, -0.25) is 4.79 Å². The van der Waals surface area contributed by atoms with Crippen molar-refractivity contribution in [1.29, 1.82) is 0 Å². The zero-order valence-electron chi connectivity index (χ0n) is 17.6. The van der Waals surface area contributed by atoms with Gasteiger partial charge in [-0.1, -0.05) is 0 Å². The fraction of sp³-hybridized carbons (Fsp3) is 0.227. The smallest absolute Gasteiger partial charge is 0.230 e.